The molecule has 2 atom stereocenters. The van der Waals surface area contributed by atoms with Gasteiger partial charge in [-0.05, 0) is 81.1 Å². The number of amides is 1. The Balaban J connectivity index is 1.27. The largest absolute Gasteiger partial charge is 0.397 e. The van der Waals surface area contributed by atoms with Crippen molar-refractivity contribution in [3.8, 4) is 0 Å². The van der Waals surface area contributed by atoms with Crippen molar-refractivity contribution in [2.24, 2.45) is 5.73 Å². The standard InChI is InChI=1S/C34H45ClN8O/c1-5-6-7-30(40-34(44)25-10-15-28(24-8-9-24)29(35)20-25)23(3)38-31-21-37-32(22(2)36)33(41-31)39-26-11-13-27(14-12-26)43-18-16-42(4)17-19-43/h10-15,20-21,23-24,30H,2,5-9,16-19,36H2,1,3-4H3,(H,40,44)(H2,38,39,41)/t23-,30-/m1/s1. The summed E-state index contributed by atoms with van der Waals surface area (Å²) in [6.45, 7) is 12.2. The van der Waals surface area contributed by atoms with Gasteiger partial charge in [0.25, 0.3) is 5.91 Å². The lowest BCUT2D eigenvalue weighted by atomic mass is 10.0. The summed E-state index contributed by atoms with van der Waals surface area (Å²) in [7, 11) is 2.16. The van der Waals surface area contributed by atoms with E-state index in [9.17, 15) is 4.79 Å². The van der Waals surface area contributed by atoms with E-state index in [2.05, 4.69) is 63.4 Å². The van der Waals surface area contributed by atoms with Gasteiger partial charge in [0, 0.05) is 60.2 Å². The van der Waals surface area contributed by atoms with Crippen LogP contribution in [0.2, 0.25) is 5.02 Å². The van der Waals surface area contributed by atoms with Gasteiger partial charge in [0.1, 0.15) is 11.5 Å². The summed E-state index contributed by atoms with van der Waals surface area (Å²) in [6, 6.07) is 13.7. The maximum Gasteiger partial charge on any atom is 0.251 e. The SMILES string of the molecule is C=C(N)c1ncc(N[C@H](C)[C@@H](CCCC)NC(=O)c2ccc(C3CC3)c(Cl)c2)nc1Nc1ccc(N2CCN(C)CC2)cc1. The first-order valence-electron chi connectivity index (χ1n) is 15.7. The summed E-state index contributed by atoms with van der Waals surface area (Å²) in [5.74, 6) is 1.49. The summed E-state index contributed by atoms with van der Waals surface area (Å²) in [5.41, 5.74) is 10.7. The van der Waals surface area contributed by atoms with Gasteiger partial charge in [-0.25, -0.2) is 9.97 Å². The number of likely N-dealkylation sites (N-methyl/N-ethyl adjacent to an activating group) is 1. The van der Waals surface area contributed by atoms with Crippen molar-refractivity contribution in [2.75, 3.05) is 48.8 Å². The first-order valence-corrected chi connectivity index (χ1v) is 16.1. The zero-order chi connectivity index (χ0) is 31.2. The van der Waals surface area contributed by atoms with Crippen molar-refractivity contribution >= 4 is 46.2 Å². The van der Waals surface area contributed by atoms with Gasteiger partial charge in [0.2, 0.25) is 0 Å². The van der Waals surface area contributed by atoms with Crippen LogP contribution in [0, 0.1) is 0 Å². The van der Waals surface area contributed by atoms with Crippen LogP contribution in [0.4, 0.5) is 23.0 Å². The number of piperazine rings is 1. The Hall–Kier alpha value is -3.82. The Morgan fingerprint density at radius 2 is 1.86 bits per heavy atom. The quantitative estimate of drug-likeness (QED) is 0.179. The molecular weight excluding hydrogens is 572 g/mol. The van der Waals surface area contributed by atoms with Crippen LogP contribution < -0.4 is 26.6 Å². The number of benzene rings is 2. The second-order valence-corrected chi connectivity index (χ2v) is 12.5. The van der Waals surface area contributed by atoms with Gasteiger partial charge in [-0.15, -0.1) is 0 Å². The van der Waals surface area contributed by atoms with Gasteiger partial charge >= 0.3 is 0 Å². The molecule has 2 heterocycles. The molecule has 2 fully saturated rings. The fourth-order valence-electron chi connectivity index (χ4n) is 5.59. The molecule has 9 nitrogen and oxygen atoms in total. The Labute approximate surface area is 266 Å². The molecule has 10 heteroatoms. The van der Waals surface area contributed by atoms with E-state index >= 15 is 0 Å². The van der Waals surface area contributed by atoms with Crippen molar-refractivity contribution in [3.63, 3.8) is 0 Å². The van der Waals surface area contributed by atoms with E-state index in [0.29, 0.717) is 39.5 Å². The van der Waals surface area contributed by atoms with Crippen LogP contribution in [0.1, 0.15) is 73.5 Å². The molecule has 1 saturated carbocycles. The highest BCUT2D eigenvalue weighted by Crippen LogP contribution is 2.43. The highest BCUT2D eigenvalue weighted by Gasteiger charge is 2.27. The number of nitrogens with zero attached hydrogens (tertiary/aromatic N) is 4. The average Bonchev–Trinajstić information content (AvgIpc) is 3.85. The van der Waals surface area contributed by atoms with E-state index in [4.69, 9.17) is 22.3 Å². The predicted octanol–water partition coefficient (Wildman–Crippen LogP) is 6.22. The molecule has 1 aliphatic carbocycles. The lowest BCUT2D eigenvalue weighted by Crippen LogP contribution is -2.45. The van der Waals surface area contributed by atoms with Crippen molar-refractivity contribution < 1.29 is 4.79 Å². The number of nitrogens with two attached hydrogens (primary N) is 1. The summed E-state index contributed by atoms with van der Waals surface area (Å²) < 4.78 is 0. The molecule has 1 aromatic heterocycles. The minimum Gasteiger partial charge on any atom is -0.397 e. The second kappa shape index (κ2) is 14.3. The minimum atomic E-state index is -0.132. The third-order valence-electron chi connectivity index (χ3n) is 8.52. The first kappa shape index (κ1) is 31.6. The van der Waals surface area contributed by atoms with Crippen molar-refractivity contribution in [2.45, 2.75) is 64.0 Å². The molecule has 0 unspecified atom stereocenters. The van der Waals surface area contributed by atoms with Gasteiger partial charge in [-0.3, -0.25) is 4.79 Å². The summed E-state index contributed by atoms with van der Waals surface area (Å²) >= 11 is 6.52. The van der Waals surface area contributed by atoms with E-state index in [1.807, 2.05) is 31.2 Å². The number of aromatic nitrogens is 2. The number of unbranched alkanes of at least 4 members (excludes halogenated alkanes) is 1. The number of anilines is 4. The van der Waals surface area contributed by atoms with Crippen molar-refractivity contribution in [1.29, 1.82) is 0 Å². The predicted molar refractivity (Wildman–Crippen MR) is 182 cm³/mol. The molecule has 0 bridgehead atoms. The number of hydrogen-bond donors (Lipinski definition) is 4. The molecule has 0 spiro atoms. The van der Waals surface area contributed by atoms with Crippen LogP contribution >= 0.6 is 11.6 Å². The molecule has 1 aliphatic heterocycles. The van der Waals surface area contributed by atoms with Crippen LogP contribution in [-0.4, -0.2) is 66.1 Å². The molecule has 5 rings (SSSR count). The topological polar surface area (TPSA) is 111 Å². The maximum atomic E-state index is 13.3. The highest BCUT2D eigenvalue weighted by molar-refractivity contribution is 6.31. The lowest BCUT2D eigenvalue weighted by molar-refractivity contribution is 0.0930. The van der Waals surface area contributed by atoms with Crippen LogP contribution in [0.3, 0.4) is 0 Å². The molecule has 1 saturated heterocycles. The van der Waals surface area contributed by atoms with Crippen LogP contribution in [0.5, 0.6) is 0 Å². The smallest absolute Gasteiger partial charge is 0.251 e. The van der Waals surface area contributed by atoms with Crippen molar-refractivity contribution in [3.05, 3.63) is 77.1 Å². The number of halogens is 1. The normalized spacial score (nSPS) is 16.7. The van der Waals surface area contributed by atoms with Gasteiger partial charge in [-0.2, -0.15) is 0 Å². The van der Waals surface area contributed by atoms with Gasteiger partial charge in [0.15, 0.2) is 5.82 Å². The fraction of sp³-hybridized carbons (Fsp3) is 0.441. The molecule has 44 heavy (non-hydrogen) atoms. The molecule has 2 aromatic carbocycles. The molecule has 0 radical (unpaired) electrons. The molecule has 2 aliphatic rings. The van der Waals surface area contributed by atoms with E-state index in [1.54, 1.807) is 12.3 Å². The molecule has 5 N–H and O–H groups in total. The molecule has 1 amide bonds. The van der Waals surface area contributed by atoms with E-state index in [0.717, 1.165) is 69.5 Å². The Kier molecular flexibility index (Phi) is 10.3. The number of carbonyl (C=O) groups excluding carboxylic acids is 1. The zero-order valence-corrected chi connectivity index (χ0v) is 26.8. The van der Waals surface area contributed by atoms with Crippen LogP contribution in [0.15, 0.2) is 55.2 Å². The maximum absolute atomic E-state index is 13.3. The Morgan fingerprint density at radius 1 is 1.14 bits per heavy atom. The van der Waals surface area contributed by atoms with Gasteiger partial charge < -0.3 is 31.5 Å². The number of carbonyl (C=O) groups is 1. The third kappa shape index (κ3) is 8.01. The third-order valence-corrected chi connectivity index (χ3v) is 8.85. The molecule has 234 valence electrons. The van der Waals surface area contributed by atoms with E-state index in [-0.39, 0.29) is 18.0 Å². The first-order chi connectivity index (χ1) is 21.2. The van der Waals surface area contributed by atoms with Crippen LogP contribution in [-0.2, 0) is 0 Å². The highest BCUT2D eigenvalue weighted by atomic mass is 35.5. The Morgan fingerprint density at radius 3 is 2.50 bits per heavy atom. The lowest BCUT2D eigenvalue weighted by Gasteiger charge is -2.34. The van der Waals surface area contributed by atoms with E-state index in [1.165, 1.54) is 5.69 Å². The van der Waals surface area contributed by atoms with Crippen molar-refractivity contribution in [1.82, 2.24) is 20.2 Å². The minimum absolute atomic E-state index is 0.122. The molecular formula is C34H45ClN8O. The second-order valence-electron chi connectivity index (χ2n) is 12.1. The number of nitrogens with one attached hydrogen (secondary N) is 3. The number of rotatable bonds is 13. The van der Waals surface area contributed by atoms with Gasteiger partial charge in [-0.1, -0.05) is 44.0 Å². The Bertz CT molecular complexity index is 1450. The zero-order valence-electron chi connectivity index (χ0n) is 26.1. The average molecular weight is 617 g/mol. The summed E-state index contributed by atoms with van der Waals surface area (Å²) in [4.78, 5) is 27.4. The summed E-state index contributed by atoms with van der Waals surface area (Å²) in [5, 5.41) is 10.7. The number of hydrogen-bond acceptors (Lipinski definition) is 8. The van der Waals surface area contributed by atoms with Crippen LogP contribution in [0.25, 0.3) is 5.70 Å². The van der Waals surface area contributed by atoms with Gasteiger partial charge in [0.05, 0.1) is 11.9 Å². The fourth-order valence-corrected chi connectivity index (χ4v) is 5.92. The monoisotopic (exact) mass is 616 g/mol. The van der Waals surface area contributed by atoms with E-state index < -0.39 is 0 Å². The summed E-state index contributed by atoms with van der Waals surface area (Å²) in [6.07, 6.45) is 6.80. The molecule has 3 aromatic rings.